The summed E-state index contributed by atoms with van der Waals surface area (Å²) in [5.41, 5.74) is 4.15. The molecule has 3 atom stereocenters. The van der Waals surface area contributed by atoms with Gasteiger partial charge in [-0.05, 0) is 56.3 Å². The Hall–Kier alpha value is -3.32. The second kappa shape index (κ2) is 12.0. The Morgan fingerprint density at radius 1 is 1.10 bits per heavy atom. The third kappa shape index (κ3) is 5.90. The lowest BCUT2D eigenvalue weighted by Gasteiger charge is -2.50. The lowest BCUT2D eigenvalue weighted by molar-refractivity contribution is -0.176. The number of carbonyl (C=O) groups is 1. The lowest BCUT2D eigenvalue weighted by atomic mass is 9.60. The van der Waals surface area contributed by atoms with Crippen LogP contribution in [0.1, 0.15) is 57.3 Å². The zero-order valence-electron chi connectivity index (χ0n) is 24.5. The van der Waals surface area contributed by atoms with Gasteiger partial charge >= 0.3 is 5.97 Å². The maximum atomic E-state index is 12.9. The number of nitrogens with zero attached hydrogens (tertiary/aromatic N) is 2. The fourth-order valence-electron chi connectivity index (χ4n) is 6.42. The molecule has 3 aromatic rings. The Morgan fingerprint density at radius 3 is 2.52 bits per heavy atom. The normalized spacial score (nSPS) is 22.1. The molecule has 0 amide bonds. The lowest BCUT2D eigenvalue weighted by Crippen LogP contribution is -2.51. The van der Waals surface area contributed by atoms with E-state index in [4.69, 9.17) is 19.2 Å². The standard InChI is InChI=1S/C33H43N3O4/c1-22(2)32(37)40-33(21-24-13-14-25(33)18-26(24)23-10-7-6-8-11-23)15-17-36(3)16-9-12-31-34-27-19-29(38-4)30(39-5)20-28(27)35-31/h6-8,10-11,18-20,22,24-25H,9,12-17,21H2,1-5H3,(H,34,35)/t24-,25-,33+/m1/s1. The van der Waals surface area contributed by atoms with E-state index in [1.807, 2.05) is 26.0 Å². The fraction of sp³-hybridized carbons (Fsp3) is 0.515. The number of hydrogen-bond acceptors (Lipinski definition) is 6. The van der Waals surface area contributed by atoms with Crippen LogP contribution in [0.25, 0.3) is 16.6 Å². The first-order valence-electron chi connectivity index (χ1n) is 14.6. The summed E-state index contributed by atoms with van der Waals surface area (Å²) < 4.78 is 17.2. The van der Waals surface area contributed by atoms with Gasteiger partial charge in [0.15, 0.2) is 11.5 Å². The minimum absolute atomic E-state index is 0.0805. The van der Waals surface area contributed by atoms with Crippen molar-refractivity contribution in [3.63, 3.8) is 0 Å². The number of ether oxygens (including phenoxy) is 3. The third-order valence-corrected chi connectivity index (χ3v) is 8.70. The molecule has 0 aliphatic heterocycles. The molecule has 40 heavy (non-hydrogen) atoms. The molecular formula is C33H43N3O4. The molecule has 6 rings (SSSR count). The molecule has 0 unspecified atom stereocenters. The van der Waals surface area contributed by atoms with Gasteiger partial charge in [-0.1, -0.05) is 50.3 Å². The molecule has 1 aromatic heterocycles. The molecule has 1 fully saturated rings. The molecule has 0 saturated heterocycles. The number of nitrogens with one attached hydrogen (secondary N) is 1. The molecule has 1 saturated carbocycles. The summed E-state index contributed by atoms with van der Waals surface area (Å²) >= 11 is 0. The Kier molecular flexibility index (Phi) is 8.50. The van der Waals surface area contributed by atoms with Crippen molar-refractivity contribution in [3.8, 4) is 11.5 Å². The topological polar surface area (TPSA) is 76.7 Å². The largest absolute Gasteiger partial charge is 0.493 e. The quantitative estimate of drug-likeness (QED) is 0.270. The summed E-state index contributed by atoms with van der Waals surface area (Å²) in [6.45, 7) is 5.69. The van der Waals surface area contributed by atoms with Crippen molar-refractivity contribution in [1.82, 2.24) is 14.9 Å². The number of aromatic nitrogens is 2. The summed E-state index contributed by atoms with van der Waals surface area (Å²) in [5.74, 6) is 2.82. The molecule has 7 nitrogen and oxygen atoms in total. The Bertz CT molecular complexity index is 1310. The highest BCUT2D eigenvalue weighted by Gasteiger charge is 2.50. The van der Waals surface area contributed by atoms with Gasteiger partial charge in [-0.15, -0.1) is 0 Å². The molecule has 3 aliphatic rings. The Labute approximate surface area is 237 Å². The van der Waals surface area contributed by atoms with Crippen molar-refractivity contribution < 1.29 is 19.0 Å². The van der Waals surface area contributed by atoms with Crippen molar-refractivity contribution in [2.75, 3.05) is 34.4 Å². The Morgan fingerprint density at radius 2 is 1.85 bits per heavy atom. The van der Waals surface area contributed by atoms with Crippen LogP contribution in [0.5, 0.6) is 11.5 Å². The van der Waals surface area contributed by atoms with E-state index in [9.17, 15) is 4.79 Å². The zero-order valence-corrected chi connectivity index (χ0v) is 24.5. The average molecular weight is 546 g/mol. The Balaban J connectivity index is 1.22. The first-order chi connectivity index (χ1) is 19.3. The van der Waals surface area contributed by atoms with E-state index in [0.29, 0.717) is 17.4 Å². The summed E-state index contributed by atoms with van der Waals surface area (Å²) in [6.07, 6.45) is 8.27. The number of imidazole rings is 1. The summed E-state index contributed by atoms with van der Waals surface area (Å²) in [6, 6.07) is 14.5. The van der Waals surface area contributed by atoms with Gasteiger partial charge in [0.2, 0.25) is 0 Å². The first kappa shape index (κ1) is 28.2. The van der Waals surface area contributed by atoms with Crippen LogP contribution >= 0.6 is 0 Å². The third-order valence-electron chi connectivity index (χ3n) is 8.70. The number of allylic oxidation sites excluding steroid dienone is 1. The van der Waals surface area contributed by atoms with Crippen molar-refractivity contribution in [3.05, 3.63) is 59.9 Å². The number of methoxy groups -OCH3 is 2. The number of carbonyl (C=O) groups excluding carboxylic acids is 1. The predicted molar refractivity (Wildman–Crippen MR) is 159 cm³/mol. The van der Waals surface area contributed by atoms with Crippen molar-refractivity contribution in [2.45, 2.75) is 58.0 Å². The van der Waals surface area contributed by atoms with E-state index in [-0.39, 0.29) is 17.8 Å². The van der Waals surface area contributed by atoms with Gasteiger partial charge in [-0.2, -0.15) is 0 Å². The first-order valence-corrected chi connectivity index (χ1v) is 14.6. The van der Waals surface area contributed by atoms with E-state index < -0.39 is 5.60 Å². The number of fused-ring (bicyclic) bond motifs is 3. The molecule has 2 bridgehead atoms. The molecule has 0 radical (unpaired) electrons. The van der Waals surface area contributed by atoms with E-state index >= 15 is 0 Å². The van der Waals surface area contributed by atoms with Crippen LogP contribution in [-0.4, -0.2) is 60.8 Å². The minimum atomic E-state index is -0.423. The molecule has 1 N–H and O–H groups in total. The van der Waals surface area contributed by atoms with Crippen LogP contribution < -0.4 is 9.47 Å². The van der Waals surface area contributed by atoms with E-state index in [2.05, 4.69) is 53.3 Å². The second-order valence-corrected chi connectivity index (χ2v) is 11.8. The van der Waals surface area contributed by atoms with Crippen LogP contribution in [0.4, 0.5) is 0 Å². The number of rotatable bonds is 12. The number of H-pyrrole nitrogens is 1. The second-order valence-electron chi connectivity index (χ2n) is 11.8. The number of benzene rings is 2. The summed E-state index contributed by atoms with van der Waals surface area (Å²) in [5, 5.41) is 0. The van der Waals surface area contributed by atoms with Gasteiger partial charge < -0.3 is 24.1 Å². The molecular weight excluding hydrogens is 502 g/mol. The van der Waals surface area contributed by atoms with Crippen molar-refractivity contribution in [2.24, 2.45) is 17.8 Å². The maximum absolute atomic E-state index is 12.9. The number of aryl methyl sites for hydroxylation is 1. The summed E-state index contributed by atoms with van der Waals surface area (Å²) in [4.78, 5) is 23.4. The van der Waals surface area contributed by atoms with Gasteiger partial charge in [0.05, 0.1) is 31.2 Å². The molecule has 214 valence electrons. The smallest absolute Gasteiger partial charge is 0.308 e. The van der Waals surface area contributed by atoms with Gasteiger partial charge in [0, 0.05) is 37.4 Å². The fourth-order valence-corrected chi connectivity index (χ4v) is 6.42. The SMILES string of the molecule is COc1cc2nc(CCCN(C)CC[C@]3(OC(=O)C(C)C)C[C@H]4CC[C@@H]3C=C4c3ccccc3)[nH]c2cc1OC. The van der Waals surface area contributed by atoms with Crippen LogP contribution in [0.15, 0.2) is 48.5 Å². The van der Waals surface area contributed by atoms with E-state index in [0.717, 1.165) is 68.5 Å². The highest BCUT2D eigenvalue weighted by Crippen LogP contribution is 2.53. The number of esters is 1. The molecule has 1 heterocycles. The number of aromatic amines is 1. The van der Waals surface area contributed by atoms with Gasteiger partial charge in [0.1, 0.15) is 11.4 Å². The van der Waals surface area contributed by atoms with Crippen molar-refractivity contribution >= 4 is 22.6 Å². The molecule has 0 spiro atoms. The monoisotopic (exact) mass is 545 g/mol. The molecule has 3 aliphatic carbocycles. The van der Waals surface area contributed by atoms with Crippen LogP contribution in [-0.2, 0) is 16.0 Å². The minimum Gasteiger partial charge on any atom is -0.493 e. The molecule has 2 aromatic carbocycles. The highest BCUT2D eigenvalue weighted by atomic mass is 16.6. The summed E-state index contributed by atoms with van der Waals surface area (Å²) in [7, 11) is 5.44. The van der Waals surface area contributed by atoms with Crippen LogP contribution in [0.2, 0.25) is 0 Å². The maximum Gasteiger partial charge on any atom is 0.308 e. The number of hydrogen-bond donors (Lipinski definition) is 1. The van der Waals surface area contributed by atoms with Gasteiger partial charge in [0.25, 0.3) is 0 Å². The van der Waals surface area contributed by atoms with Crippen molar-refractivity contribution in [1.29, 1.82) is 0 Å². The molecule has 7 heteroatoms. The zero-order chi connectivity index (χ0) is 28.3. The van der Waals surface area contributed by atoms with Crippen LogP contribution in [0.3, 0.4) is 0 Å². The van der Waals surface area contributed by atoms with Gasteiger partial charge in [-0.25, -0.2) is 4.98 Å². The van der Waals surface area contributed by atoms with Gasteiger partial charge in [-0.3, -0.25) is 4.79 Å². The van der Waals surface area contributed by atoms with E-state index in [1.54, 1.807) is 14.2 Å². The average Bonchev–Trinajstić information content (AvgIpc) is 3.37. The van der Waals surface area contributed by atoms with Crippen LogP contribution in [0, 0.1) is 17.8 Å². The van der Waals surface area contributed by atoms with E-state index in [1.165, 1.54) is 11.1 Å². The highest BCUT2D eigenvalue weighted by molar-refractivity contribution is 5.79. The predicted octanol–water partition coefficient (Wildman–Crippen LogP) is 6.29.